The molecule has 0 spiro atoms. The summed E-state index contributed by atoms with van der Waals surface area (Å²) >= 11 is 0. The summed E-state index contributed by atoms with van der Waals surface area (Å²) in [5.41, 5.74) is 1.22. The molecule has 0 aliphatic heterocycles. The van der Waals surface area contributed by atoms with Crippen LogP contribution in [-0.4, -0.2) is 42.4 Å². The second-order valence-electron chi connectivity index (χ2n) is 5.72. The van der Waals surface area contributed by atoms with Crippen molar-refractivity contribution >= 4 is 0 Å². The Balaban J connectivity index is 1.79. The van der Waals surface area contributed by atoms with Crippen molar-refractivity contribution in [3.63, 3.8) is 0 Å². The van der Waals surface area contributed by atoms with E-state index in [-0.39, 0.29) is 6.61 Å². The lowest BCUT2D eigenvalue weighted by Gasteiger charge is -2.33. The van der Waals surface area contributed by atoms with Gasteiger partial charge in [-0.15, -0.1) is 0 Å². The Morgan fingerprint density at radius 3 is 2.70 bits per heavy atom. The molecular formula is C17H27NO2. The molecule has 1 aliphatic rings. The highest BCUT2D eigenvalue weighted by Gasteiger charge is 2.20. The third-order valence-electron chi connectivity index (χ3n) is 4.12. The van der Waals surface area contributed by atoms with Crippen molar-refractivity contribution in [2.24, 2.45) is 0 Å². The van der Waals surface area contributed by atoms with Crippen LogP contribution in [0.3, 0.4) is 0 Å². The smallest absolute Gasteiger partial charge is 0.119 e. The molecule has 0 radical (unpaired) electrons. The van der Waals surface area contributed by atoms with Crippen molar-refractivity contribution in [3.8, 4) is 5.75 Å². The van der Waals surface area contributed by atoms with E-state index < -0.39 is 0 Å². The molecule has 1 N–H and O–H groups in total. The van der Waals surface area contributed by atoms with E-state index in [0.29, 0.717) is 12.6 Å². The SMILES string of the molecule is Cc1cccc(OCCN(CCO)C2CCCCC2)c1. The summed E-state index contributed by atoms with van der Waals surface area (Å²) < 4.78 is 5.83. The summed E-state index contributed by atoms with van der Waals surface area (Å²) in [6.45, 7) is 4.68. The lowest BCUT2D eigenvalue weighted by Crippen LogP contribution is -2.41. The predicted molar refractivity (Wildman–Crippen MR) is 82.2 cm³/mol. The summed E-state index contributed by atoms with van der Waals surface area (Å²) in [6, 6.07) is 8.81. The average molecular weight is 277 g/mol. The Labute approximate surface area is 122 Å². The van der Waals surface area contributed by atoms with E-state index in [4.69, 9.17) is 4.74 Å². The molecular weight excluding hydrogens is 250 g/mol. The van der Waals surface area contributed by atoms with Crippen LogP contribution < -0.4 is 4.74 Å². The number of nitrogens with zero attached hydrogens (tertiary/aromatic N) is 1. The molecule has 0 saturated heterocycles. The number of rotatable bonds is 7. The number of aliphatic hydroxyl groups is 1. The lowest BCUT2D eigenvalue weighted by molar-refractivity contribution is 0.106. The van der Waals surface area contributed by atoms with Crippen molar-refractivity contribution in [2.75, 3.05) is 26.3 Å². The van der Waals surface area contributed by atoms with Gasteiger partial charge in [0.2, 0.25) is 0 Å². The molecule has 1 fully saturated rings. The van der Waals surface area contributed by atoms with Crippen molar-refractivity contribution in [3.05, 3.63) is 29.8 Å². The Hall–Kier alpha value is -1.06. The molecule has 1 saturated carbocycles. The Morgan fingerprint density at radius 1 is 1.20 bits per heavy atom. The molecule has 2 rings (SSSR count). The molecule has 112 valence electrons. The topological polar surface area (TPSA) is 32.7 Å². The molecule has 0 bridgehead atoms. The van der Waals surface area contributed by atoms with Crippen LogP contribution in [0.4, 0.5) is 0 Å². The van der Waals surface area contributed by atoms with Gasteiger partial charge in [0.15, 0.2) is 0 Å². The summed E-state index contributed by atoms with van der Waals surface area (Å²) in [5.74, 6) is 0.942. The highest BCUT2D eigenvalue weighted by molar-refractivity contribution is 5.27. The molecule has 0 heterocycles. The first-order valence-electron chi connectivity index (χ1n) is 7.84. The van der Waals surface area contributed by atoms with E-state index in [0.717, 1.165) is 18.8 Å². The second kappa shape index (κ2) is 8.28. The third kappa shape index (κ3) is 4.80. The van der Waals surface area contributed by atoms with Gasteiger partial charge in [0.05, 0.1) is 6.61 Å². The minimum absolute atomic E-state index is 0.237. The second-order valence-corrected chi connectivity index (χ2v) is 5.72. The maximum Gasteiger partial charge on any atom is 0.119 e. The number of hydrogen-bond donors (Lipinski definition) is 1. The molecule has 3 nitrogen and oxygen atoms in total. The fourth-order valence-electron chi connectivity index (χ4n) is 3.04. The highest BCUT2D eigenvalue weighted by Crippen LogP contribution is 2.22. The van der Waals surface area contributed by atoms with Crippen LogP contribution in [0, 0.1) is 6.92 Å². The van der Waals surface area contributed by atoms with Crippen molar-refractivity contribution < 1.29 is 9.84 Å². The van der Waals surface area contributed by atoms with Crippen LogP contribution in [0.1, 0.15) is 37.7 Å². The normalized spacial score (nSPS) is 16.6. The number of ether oxygens (including phenoxy) is 1. The monoisotopic (exact) mass is 277 g/mol. The number of aliphatic hydroxyl groups excluding tert-OH is 1. The minimum Gasteiger partial charge on any atom is -0.492 e. The predicted octanol–water partition coefficient (Wildman–Crippen LogP) is 3.00. The standard InChI is InChI=1S/C17H27NO2/c1-15-6-5-9-17(14-15)20-13-11-18(10-12-19)16-7-3-2-4-8-16/h5-6,9,14,16,19H,2-4,7-8,10-13H2,1H3. The van der Waals surface area contributed by atoms with Crippen molar-refractivity contribution in [1.29, 1.82) is 0 Å². The number of hydrogen-bond acceptors (Lipinski definition) is 3. The number of benzene rings is 1. The van der Waals surface area contributed by atoms with Crippen LogP contribution in [0.5, 0.6) is 5.75 Å². The summed E-state index contributed by atoms with van der Waals surface area (Å²) in [7, 11) is 0. The minimum atomic E-state index is 0.237. The van der Waals surface area contributed by atoms with E-state index >= 15 is 0 Å². The lowest BCUT2D eigenvalue weighted by atomic mass is 9.94. The molecule has 0 atom stereocenters. The van der Waals surface area contributed by atoms with Gasteiger partial charge in [0, 0.05) is 19.1 Å². The molecule has 3 heteroatoms. The molecule has 1 aromatic carbocycles. The van der Waals surface area contributed by atoms with Crippen molar-refractivity contribution in [1.82, 2.24) is 4.90 Å². The first-order chi connectivity index (χ1) is 9.79. The van der Waals surface area contributed by atoms with E-state index in [1.807, 2.05) is 12.1 Å². The van der Waals surface area contributed by atoms with Gasteiger partial charge in [0.1, 0.15) is 12.4 Å². The van der Waals surface area contributed by atoms with Crippen LogP contribution >= 0.6 is 0 Å². The maximum atomic E-state index is 9.24. The van der Waals surface area contributed by atoms with E-state index in [2.05, 4.69) is 24.0 Å². The highest BCUT2D eigenvalue weighted by atomic mass is 16.5. The summed E-state index contributed by atoms with van der Waals surface area (Å²) in [6.07, 6.45) is 6.55. The van der Waals surface area contributed by atoms with Gasteiger partial charge in [-0.1, -0.05) is 31.4 Å². The van der Waals surface area contributed by atoms with Gasteiger partial charge >= 0.3 is 0 Å². The van der Waals surface area contributed by atoms with Crippen LogP contribution in [0.2, 0.25) is 0 Å². The van der Waals surface area contributed by atoms with E-state index in [9.17, 15) is 5.11 Å². The van der Waals surface area contributed by atoms with E-state index in [1.54, 1.807) is 0 Å². The van der Waals surface area contributed by atoms with Crippen LogP contribution in [0.15, 0.2) is 24.3 Å². The summed E-state index contributed by atoms with van der Waals surface area (Å²) in [5, 5.41) is 9.24. The average Bonchev–Trinajstić information content (AvgIpc) is 2.47. The van der Waals surface area contributed by atoms with Gasteiger partial charge in [-0.2, -0.15) is 0 Å². The van der Waals surface area contributed by atoms with E-state index in [1.165, 1.54) is 37.7 Å². The zero-order chi connectivity index (χ0) is 14.2. The molecule has 20 heavy (non-hydrogen) atoms. The Kier molecular flexibility index (Phi) is 6.34. The van der Waals surface area contributed by atoms with Gasteiger partial charge in [-0.05, 0) is 37.5 Å². The molecule has 1 aromatic rings. The quantitative estimate of drug-likeness (QED) is 0.831. The van der Waals surface area contributed by atoms with Crippen molar-refractivity contribution in [2.45, 2.75) is 45.1 Å². The zero-order valence-corrected chi connectivity index (χ0v) is 12.6. The zero-order valence-electron chi connectivity index (χ0n) is 12.6. The van der Waals surface area contributed by atoms with Crippen LogP contribution in [-0.2, 0) is 0 Å². The molecule has 0 amide bonds. The van der Waals surface area contributed by atoms with Gasteiger partial charge in [-0.3, -0.25) is 4.90 Å². The van der Waals surface area contributed by atoms with Crippen LogP contribution in [0.25, 0.3) is 0 Å². The van der Waals surface area contributed by atoms with Gasteiger partial charge in [0.25, 0.3) is 0 Å². The Bertz CT molecular complexity index is 388. The fraction of sp³-hybridized carbons (Fsp3) is 0.647. The first-order valence-corrected chi connectivity index (χ1v) is 7.84. The van der Waals surface area contributed by atoms with Gasteiger partial charge < -0.3 is 9.84 Å². The number of aryl methyl sites for hydroxylation is 1. The molecule has 1 aliphatic carbocycles. The van der Waals surface area contributed by atoms with Gasteiger partial charge in [-0.25, -0.2) is 0 Å². The summed E-state index contributed by atoms with van der Waals surface area (Å²) in [4.78, 5) is 2.40. The fourth-order valence-corrected chi connectivity index (χ4v) is 3.04. The molecule has 0 unspecified atom stereocenters. The first kappa shape index (κ1) is 15.3. The maximum absolute atomic E-state index is 9.24. The largest absolute Gasteiger partial charge is 0.492 e. The third-order valence-corrected chi connectivity index (χ3v) is 4.12. The molecule has 0 aromatic heterocycles. The Morgan fingerprint density at radius 2 is 2.00 bits per heavy atom.